The van der Waals surface area contributed by atoms with Gasteiger partial charge in [-0.05, 0) is 42.7 Å². The maximum absolute atomic E-state index is 10.9. The van der Waals surface area contributed by atoms with E-state index in [0.717, 1.165) is 29.4 Å². The molecule has 0 saturated carbocycles. The standard InChI is InChI=1S/C19H20ClN3O2.C2H6/c20-15-9-7-14(8-10-15)13-23-17-6-2-1-5-16(17)21-18(23)19(24,25)22-11-3-4-12-22;1-2/h1-2,5-10,24-25H,3-4,11-13H2;1-2H3. The highest BCUT2D eigenvalue weighted by atomic mass is 35.5. The summed E-state index contributed by atoms with van der Waals surface area (Å²) in [5, 5.41) is 22.4. The van der Waals surface area contributed by atoms with Gasteiger partial charge in [-0.2, -0.15) is 0 Å². The van der Waals surface area contributed by atoms with E-state index in [1.807, 2.05) is 66.9 Å². The molecule has 2 aromatic carbocycles. The van der Waals surface area contributed by atoms with Crippen molar-refractivity contribution in [3.05, 3.63) is 64.9 Å². The second kappa shape index (κ2) is 8.40. The molecule has 1 fully saturated rings. The normalized spacial score (nSPS) is 15.0. The molecule has 1 aromatic heterocycles. The lowest BCUT2D eigenvalue weighted by molar-refractivity contribution is -0.275. The molecule has 144 valence electrons. The number of likely N-dealkylation sites (tertiary alicyclic amines) is 1. The first-order chi connectivity index (χ1) is 13.1. The summed E-state index contributed by atoms with van der Waals surface area (Å²) in [6.45, 7) is 5.79. The fourth-order valence-electron chi connectivity index (χ4n) is 3.43. The number of fused-ring (bicyclic) bond motifs is 1. The highest BCUT2D eigenvalue weighted by molar-refractivity contribution is 6.30. The first-order valence-electron chi connectivity index (χ1n) is 9.46. The van der Waals surface area contributed by atoms with E-state index in [0.29, 0.717) is 24.7 Å². The van der Waals surface area contributed by atoms with Gasteiger partial charge in [0.2, 0.25) is 0 Å². The Bertz CT molecular complexity index is 884. The van der Waals surface area contributed by atoms with Gasteiger partial charge in [0.05, 0.1) is 11.0 Å². The Morgan fingerprint density at radius 2 is 1.63 bits per heavy atom. The summed E-state index contributed by atoms with van der Waals surface area (Å²) in [6, 6.07) is 15.2. The quantitative estimate of drug-likeness (QED) is 0.665. The van der Waals surface area contributed by atoms with E-state index in [1.165, 1.54) is 0 Å². The highest BCUT2D eigenvalue weighted by Crippen LogP contribution is 2.30. The number of nitrogens with zero attached hydrogens (tertiary/aromatic N) is 3. The molecule has 6 heteroatoms. The van der Waals surface area contributed by atoms with E-state index in [1.54, 1.807) is 4.90 Å². The van der Waals surface area contributed by atoms with Crippen LogP contribution in [0.5, 0.6) is 0 Å². The molecular formula is C21H26ClN3O2. The molecule has 5 nitrogen and oxygen atoms in total. The number of hydrogen-bond acceptors (Lipinski definition) is 4. The number of aromatic nitrogens is 2. The van der Waals surface area contributed by atoms with Crippen LogP contribution >= 0.6 is 11.6 Å². The third kappa shape index (κ3) is 4.01. The van der Waals surface area contributed by atoms with Gasteiger partial charge in [-0.1, -0.05) is 49.7 Å². The molecule has 2 heterocycles. The van der Waals surface area contributed by atoms with Gasteiger partial charge in [0.15, 0.2) is 5.82 Å². The van der Waals surface area contributed by atoms with Crippen LogP contribution in [-0.2, 0) is 12.5 Å². The molecule has 4 rings (SSSR count). The largest absolute Gasteiger partial charge is 0.347 e. The summed E-state index contributed by atoms with van der Waals surface area (Å²) in [7, 11) is 0. The van der Waals surface area contributed by atoms with Crippen LogP contribution < -0.4 is 0 Å². The van der Waals surface area contributed by atoms with E-state index in [2.05, 4.69) is 4.98 Å². The molecule has 27 heavy (non-hydrogen) atoms. The number of halogens is 1. The predicted molar refractivity (Wildman–Crippen MR) is 109 cm³/mol. The zero-order valence-electron chi connectivity index (χ0n) is 15.8. The molecule has 0 amide bonds. The third-order valence-electron chi connectivity index (χ3n) is 4.76. The lowest BCUT2D eigenvalue weighted by atomic mass is 10.2. The van der Waals surface area contributed by atoms with E-state index in [-0.39, 0.29) is 5.82 Å². The second-order valence-corrected chi connectivity index (χ2v) is 6.90. The van der Waals surface area contributed by atoms with Crippen molar-refractivity contribution >= 4 is 22.6 Å². The number of rotatable bonds is 4. The fraction of sp³-hybridized carbons (Fsp3) is 0.381. The summed E-state index contributed by atoms with van der Waals surface area (Å²) in [5.41, 5.74) is 2.64. The average molecular weight is 388 g/mol. The zero-order chi connectivity index (χ0) is 19.4. The number of imidazole rings is 1. The SMILES string of the molecule is CC.OC(O)(c1nc2ccccc2n1Cc1ccc(Cl)cc1)N1CCCC1. The molecule has 1 saturated heterocycles. The molecule has 0 radical (unpaired) electrons. The predicted octanol–water partition coefficient (Wildman–Crippen LogP) is 3.95. The summed E-state index contributed by atoms with van der Waals surface area (Å²) in [5.74, 6) is -1.83. The average Bonchev–Trinajstić information content (AvgIpc) is 3.35. The maximum Gasteiger partial charge on any atom is 0.287 e. The van der Waals surface area contributed by atoms with Gasteiger partial charge >= 0.3 is 0 Å². The summed E-state index contributed by atoms with van der Waals surface area (Å²) >= 11 is 5.97. The van der Waals surface area contributed by atoms with Crippen LogP contribution in [-0.4, -0.2) is 37.8 Å². The van der Waals surface area contributed by atoms with E-state index in [9.17, 15) is 10.2 Å². The molecule has 0 aliphatic carbocycles. The van der Waals surface area contributed by atoms with Gasteiger partial charge in [0.25, 0.3) is 5.91 Å². The Morgan fingerprint density at radius 1 is 1.00 bits per heavy atom. The zero-order valence-corrected chi connectivity index (χ0v) is 16.5. The van der Waals surface area contributed by atoms with Crippen LogP contribution in [0.4, 0.5) is 0 Å². The summed E-state index contributed by atoms with van der Waals surface area (Å²) in [6.07, 6.45) is 1.92. The van der Waals surface area contributed by atoms with Gasteiger partial charge in [-0.3, -0.25) is 0 Å². The molecule has 0 atom stereocenters. The van der Waals surface area contributed by atoms with Gasteiger partial charge in [0, 0.05) is 24.7 Å². The first-order valence-corrected chi connectivity index (χ1v) is 9.83. The minimum atomic E-state index is -2.08. The highest BCUT2D eigenvalue weighted by Gasteiger charge is 2.40. The molecular weight excluding hydrogens is 362 g/mol. The first kappa shape index (κ1) is 19.8. The van der Waals surface area contributed by atoms with Crippen molar-refractivity contribution in [1.82, 2.24) is 14.5 Å². The molecule has 0 spiro atoms. The molecule has 0 unspecified atom stereocenters. The van der Waals surface area contributed by atoms with Gasteiger partial charge in [0.1, 0.15) is 0 Å². The Labute approximate surface area is 164 Å². The number of aliphatic hydroxyl groups is 2. The van der Waals surface area contributed by atoms with Crippen molar-refractivity contribution in [1.29, 1.82) is 0 Å². The van der Waals surface area contributed by atoms with Gasteiger partial charge < -0.3 is 14.8 Å². The number of hydrogen-bond donors (Lipinski definition) is 2. The Morgan fingerprint density at radius 3 is 2.30 bits per heavy atom. The van der Waals surface area contributed by atoms with Crippen LogP contribution in [0.15, 0.2) is 48.5 Å². The lowest BCUT2D eigenvalue weighted by Crippen LogP contribution is -2.46. The summed E-state index contributed by atoms with van der Waals surface area (Å²) in [4.78, 5) is 6.21. The van der Waals surface area contributed by atoms with Gasteiger partial charge in [-0.15, -0.1) is 0 Å². The lowest BCUT2D eigenvalue weighted by Gasteiger charge is -2.31. The molecule has 3 aromatic rings. The Kier molecular flexibility index (Phi) is 6.17. The van der Waals surface area contributed by atoms with Crippen LogP contribution in [0, 0.1) is 0 Å². The molecule has 1 aliphatic rings. The van der Waals surface area contributed by atoms with Crippen molar-refractivity contribution in [2.75, 3.05) is 13.1 Å². The third-order valence-corrected chi connectivity index (χ3v) is 5.01. The van der Waals surface area contributed by atoms with Crippen LogP contribution in [0.3, 0.4) is 0 Å². The maximum atomic E-state index is 10.9. The monoisotopic (exact) mass is 387 g/mol. The fourth-order valence-corrected chi connectivity index (χ4v) is 3.56. The van der Waals surface area contributed by atoms with Crippen LogP contribution in [0.2, 0.25) is 5.02 Å². The van der Waals surface area contributed by atoms with E-state index in [4.69, 9.17) is 11.6 Å². The summed E-state index contributed by atoms with van der Waals surface area (Å²) < 4.78 is 1.87. The Balaban J connectivity index is 0.00000102. The van der Waals surface area contributed by atoms with Crippen LogP contribution in [0.1, 0.15) is 38.1 Å². The number of para-hydroxylation sites is 2. The van der Waals surface area contributed by atoms with E-state index < -0.39 is 5.91 Å². The van der Waals surface area contributed by atoms with Crippen molar-refractivity contribution in [2.24, 2.45) is 0 Å². The van der Waals surface area contributed by atoms with E-state index >= 15 is 0 Å². The van der Waals surface area contributed by atoms with Gasteiger partial charge in [-0.25, -0.2) is 9.88 Å². The minimum absolute atomic E-state index is 0.255. The molecule has 2 N–H and O–H groups in total. The molecule has 1 aliphatic heterocycles. The second-order valence-electron chi connectivity index (χ2n) is 6.47. The van der Waals surface area contributed by atoms with Crippen molar-refractivity contribution in [3.8, 4) is 0 Å². The minimum Gasteiger partial charge on any atom is -0.347 e. The van der Waals surface area contributed by atoms with Crippen molar-refractivity contribution in [2.45, 2.75) is 39.1 Å². The smallest absolute Gasteiger partial charge is 0.287 e. The van der Waals surface area contributed by atoms with Crippen molar-refractivity contribution < 1.29 is 10.2 Å². The molecule has 0 bridgehead atoms. The topological polar surface area (TPSA) is 61.5 Å². The van der Waals surface area contributed by atoms with Crippen molar-refractivity contribution in [3.63, 3.8) is 0 Å². The Hall–Kier alpha value is -1.92. The van der Waals surface area contributed by atoms with Crippen LogP contribution in [0.25, 0.3) is 11.0 Å². The number of benzene rings is 2.